The zero-order valence-electron chi connectivity index (χ0n) is 8.85. The number of ether oxygens (including phenoxy) is 1. The molecule has 1 heterocycles. The second-order valence-corrected chi connectivity index (χ2v) is 3.34. The summed E-state index contributed by atoms with van der Waals surface area (Å²) in [6, 6.07) is 0. The molecule has 1 rings (SSSR count). The molecule has 1 atom stereocenters. The van der Waals surface area contributed by atoms with E-state index < -0.39 is 0 Å². The summed E-state index contributed by atoms with van der Waals surface area (Å²) in [7, 11) is 0. The highest BCUT2D eigenvalue weighted by molar-refractivity contribution is 5.37. The lowest BCUT2D eigenvalue weighted by molar-refractivity contribution is -0.134. The van der Waals surface area contributed by atoms with Crippen LogP contribution in [-0.2, 0) is 9.53 Å². The van der Waals surface area contributed by atoms with Gasteiger partial charge >= 0.3 is 0 Å². The van der Waals surface area contributed by atoms with Crippen LogP contribution in [0, 0.1) is 0 Å². The monoisotopic (exact) mass is 212 g/mol. The van der Waals surface area contributed by atoms with Crippen LogP contribution in [0.25, 0.3) is 0 Å². The molecule has 0 bridgehead atoms. The Morgan fingerprint density at radius 1 is 1.47 bits per heavy atom. The van der Waals surface area contributed by atoms with Crippen LogP contribution < -0.4 is 0 Å². The van der Waals surface area contributed by atoms with E-state index in [1.54, 1.807) is 0 Å². The third-order valence-electron chi connectivity index (χ3n) is 2.19. The fourth-order valence-electron chi connectivity index (χ4n) is 1.39. The molecule has 0 saturated heterocycles. The molecule has 1 aromatic heterocycles. The van der Waals surface area contributed by atoms with Crippen molar-refractivity contribution in [3.8, 4) is 0 Å². The quantitative estimate of drug-likeness (QED) is 0.520. The number of rotatable bonds is 8. The Balaban J connectivity index is 2.34. The molecular weight excluding hydrogens is 196 g/mol. The lowest BCUT2D eigenvalue weighted by atomic mass is 10.1. The van der Waals surface area contributed by atoms with Crippen molar-refractivity contribution in [2.75, 3.05) is 0 Å². The number of H-pyrrole nitrogens is 1. The lowest BCUT2D eigenvalue weighted by Gasteiger charge is -2.10. The highest BCUT2D eigenvalue weighted by atomic mass is 16.5. The van der Waals surface area contributed by atoms with Crippen molar-refractivity contribution >= 4 is 6.47 Å². The minimum Gasteiger partial charge on any atom is -0.456 e. The van der Waals surface area contributed by atoms with Gasteiger partial charge in [-0.1, -0.05) is 31.4 Å². The molecule has 0 amide bonds. The van der Waals surface area contributed by atoms with Crippen LogP contribution in [0.1, 0.15) is 51.0 Å². The highest BCUT2D eigenvalue weighted by Gasteiger charge is 2.16. The van der Waals surface area contributed by atoms with E-state index in [0.29, 0.717) is 12.3 Å². The van der Waals surface area contributed by atoms with Gasteiger partial charge in [-0.3, -0.25) is 4.79 Å². The Hall–Kier alpha value is -1.46. The van der Waals surface area contributed by atoms with Gasteiger partial charge in [0.2, 0.25) is 5.82 Å². The molecule has 1 aromatic rings. The van der Waals surface area contributed by atoms with E-state index >= 15 is 0 Å². The largest absolute Gasteiger partial charge is 0.456 e. The maximum Gasteiger partial charge on any atom is 0.293 e. The third kappa shape index (κ3) is 4.05. The van der Waals surface area contributed by atoms with Crippen molar-refractivity contribution in [3.63, 3.8) is 0 Å². The Bertz CT molecular complexity index is 263. The fraction of sp³-hybridized carbons (Fsp3) is 0.778. The van der Waals surface area contributed by atoms with Gasteiger partial charge in [0.15, 0.2) is 6.10 Å². The van der Waals surface area contributed by atoms with Gasteiger partial charge in [0.1, 0.15) is 0 Å². The van der Waals surface area contributed by atoms with E-state index in [4.69, 9.17) is 4.74 Å². The van der Waals surface area contributed by atoms with Crippen LogP contribution in [0.3, 0.4) is 0 Å². The normalized spacial score (nSPS) is 12.3. The number of aromatic nitrogens is 4. The minimum atomic E-state index is -0.363. The molecule has 0 spiro atoms. The maximum absolute atomic E-state index is 10.3. The van der Waals surface area contributed by atoms with E-state index in [2.05, 4.69) is 27.5 Å². The van der Waals surface area contributed by atoms with Crippen molar-refractivity contribution in [2.24, 2.45) is 0 Å². The fourth-order valence-corrected chi connectivity index (χ4v) is 1.39. The van der Waals surface area contributed by atoms with Gasteiger partial charge < -0.3 is 4.74 Å². The number of unbranched alkanes of at least 4 members (excludes halogenated alkanes) is 3. The first kappa shape index (κ1) is 11.6. The Morgan fingerprint density at radius 2 is 2.33 bits per heavy atom. The number of hydrogen-bond donors (Lipinski definition) is 1. The van der Waals surface area contributed by atoms with Crippen LogP contribution in [-0.4, -0.2) is 27.1 Å². The first-order valence-corrected chi connectivity index (χ1v) is 5.21. The van der Waals surface area contributed by atoms with Crippen molar-refractivity contribution in [2.45, 2.75) is 45.1 Å². The second-order valence-electron chi connectivity index (χ2n) is 3.34. The van der Waals surface area contributed by atoms with E-state index in [1.807, 2.05) is 0 Å². The Labute approximate surface area is 88.4 Å². The topological polar surface area (TPSA) is 80.8 Å². The van der Waals surface area contributed by atoms with E-state index in [9.17, 15) is 4.79 Å². The molecule has 0 radical (unpaired) electrons. The molecule has 0 aliphatic heterocycles. The SMILES string of the molecule is CCCCCCC(OC=O)c1nn[nH]n1. The van der Waals surface area contributed by atoms with Gasteiger partial charge in [-0.05, 0) is 12.8 Å². The molecule has 6 nitrogen and oxygen atoms in total. The molecule has 84 valence electrons. The number of aromatic amines is 1. The molecule has 0 aliphatic carbocycles. The van der Waals surface area contributed by atoms with Gasteiger partial charge in [-0.2, -0.15) is 5.21 Å². The van der Waals surface area contributed by atoms with Gasteiger partial charge in [0.05, 0.1) is 0 Å². The molecule has 1 N–H and O–H groups in total. The van der Waals surface area contributed by atoms with E-state index in [-0.39, 0.29) is 6.10 Å². The average Bonchev–Trinajstić information content (AvgIpc) is 2.76. The molecule has 6 heteroatoms. The highest BCUT2D eigenvalue weighted by Crippen LogP contribution is 2.19. The molecular formula is C9H16N4O2. The number of carbonyl (C=O) groups is 1. The van der Waals surface area contributed by atoms with Gasteiger partial charge in [-0.15, -0.1) is 10.2 Å². The number of nitrogens with zero attached hydrogens (tertiary/aromatic N) is 3. The standard InChI is InChI=1S/C9H16N4O2/c1-2-3-4-5-6-8(15-7-14)9-10-12-13-11-9/h7-8H,2-6H2,1H3,(H,10,11,12,13). The third-order valence-corrected chi connectivity index (χ3v) is 2.19. The number of nitrogens with one attached hydrogen (secondary N) is 1. The maximum atomic E-state index is 10.3. The Kier molecular flexibility index (Phi) is 5.35. The van der Waals surface area contributed by atoms with Gasteiger partial charge in [0.25, 0.3) is 6.47 Å². The molecule has 15 heavy (non-hydrogen) atoms. The van der Waals surface area contributed by atoms with Crippen molar-refractivity contribution in [1.82, 2.24) is 20.6 Å². The van der Waals surface area contributed by atoms with Crippen LogP contribution in [0.15, 0.2) is 0 Å². The summed E-state index contributed by atoms with van der Waals surface area (Å²) in [4.78, 5) is 10.3. The molecule has 1 unspecified atom stereocenters. The minimum absolute atomic E-state index is 0.363. The van der Waals surface area contributed by atoms with Crippen molar-refractivity contribution < 1.29 is 9.53 Å². The van der Waals surface area contributed by atoms with E-state index in [0.717, 1.165) is 19.3 Å². The smallest absolute Gasteiger partial charge is 0.293 e. The van der Waals surface area contributed by atoms with Crippen molar-refractivity contribution in [3.05, 3.63) is 5.82 Å². The average molecular weight is 212 g/mol. The number of carbonyl (C=O) groups excluding carboxylic acids is 1. The van der Waals surface area contributed by atoms with Gasteiger partial charge in [-0.25, -0.2) is 0 Å². The summed E-state index contributed by atoms with van der Waals surface area (Å²) >= 11 is 0. The second kappa shape index (κ2) is 6.92. The zero-order chi connectivity index (χ0) is 10.9. The first-order valence-electron chi connectivity index (χ1n) is 5.21. The summed E-state index contributed by atoms with van der Waals surface area (Å²) in [6.45, 7) is 2.58. The number of tetrazole rings is 1. The predicted octanol–water partition coefficient (Wildman–Crippen LogP) is 1.38. The van der Waals surface area contributed by atoms with Crippen LogP contribution in [0.5, 0.6) is 0 Å². The van der Waals surface area contributed by atoms with Crippen LogP contribution in [0.4, 0.5) is 0 Å². The summed E-state index contributed by atoms with van der Waals surface area (Å²) in [5.74, 6) is 0.443. The van der Waals surface area contributed by atoms with Gasteiger partial charge in [0, 0.05) is 0 Å². The summed E-state index contributed by atoms with van der Waals surface area (Å²) in [5.41, 5.74) is 0. The zero-order valence-corrected chi connectivity index (χ0v) is 8.85. The summed E-state index contributed by atoms with van der Waals surface area (Å²) in [6.07, 6.45) is 4.89. The molecule has 0 aromatic carbocycles. The molecule has 0 aliphatic rings. The van der Waals surface area contributed by atoms with Crippen LogP contribution >= 0.6 is 0 Å². The summed E-state index contributed by atoms with van der Waals surface area (Å²) < 4.78 is 4.90. The molecule has 0 saturated carbocycles. The molecule has 0 fully saturated rings. The number of hydrogen-bond acceptors (Lipinski definition) is 5. The lowest BCUT2D eigenvalue weighted by Crippen LogP contribution is -2.05. The van der Waals surface area contributed by atoms with E-state index in [1.165, 1.54) is 12.8 Å². The predicted molar refractivity (Wildman–Crippen MR) is 52.8 cm³/mol. The Morgan fingerprint density at radius 3 is 2.93 bits per heavy atom. The summed E-state index contributed by atoms with van der Waals surface area (Å²) in [5, 5.41) is 13.4. The first-order chi connectivity index (χ1) is 7.38. The van der Waals surface area contributed by atoms with Crippen LogP contribution in [0.2, 0.25) is 0 Å². The van der Waals surface area contributed by atoms with Crippen molar-refractivity contribution in [1.29, 1.82) is 0 Å².